The number of aromatic nitrogens is 2. The van der Waals surface area contributed by atoms with Gasteiger partial charge in [0, 0.05) is 5.56 Å². The third-order valence-corrected chi connectivity index (χ3v) is 5.40. The third-order valence-electron chi connectivity index (χ3n) is 5.40. The summed E-state index contributed by atoms with van der Waals surface area (Å²) in [6, 6.07) is 18.5. The Morgan fingerprint density at radius 2 is 1.78 bits per heavy atom. The van der Waals surface area contributed by atoms with E-state index in [1.165, 1.54) is 29.7 Å². The molecule has 0 spiro atoms. The maximum atomic E-state index is 5.49. The van der Waals surface area contributed by atoms with E-state index in [-0.39, 0.29) is 0 Å². The number of ether oxygens (including phenoxy) is 1. The Balaban J connectivity index is 1.30. The number of hydrogen-bond donors (Lipinski definition) is 1. The molecule has 1 N–H and O–H groups in total. The van der Waals surface area contributed by atoms with Crippen molar-refractivity contribution in [2.24, 2.45) is 5.92 Å². The second kappa shape index (κ2) is 8.35. The van der Waals surface area contributed by atoms with Crippen molar-refractivity contribution in [2.75, 3.05) is 20.2 Å². The Morgan fingerprint density at radius 1 is 1.04 bits per heavy atom. The topological polar surface area (TPSA) is 52.6 Å². The van der Waals surface area contributed by atoms with E-state index in [1.54, 1.807) is 7.11 Å². The maximum Gasteiger partial charge on any atom is 0.282 e. The highest BCUT2D eigenvalue weighted by atomic mass is 16.5. The summed E-state index contributed by atoms with van der Waals surface area (Å²) in [5.41, 5.74) is 2.40. The summed E-state index contributed by atoms with van der Waals surface area (Å²) in [6.45, 7) is 3.14. The van der Waals surface area contributed by atoms with E-state index in [0.29, 0.717) is 5.82 Å². The average Bonchev–Trinajstić information content (AvgIpc) is 3.19. The minimum absolute atomic E-state index is 0.644. The normalized spacial score (nSPS) is 19.7. The van der Waals surface area contributed by atoms with Gasteiger partial charge in [-0.15, -0.1) is 0 Å². The first kappa shape index (κ1) is 17.7. The molecule has 27 heavy (non-hydrogen) atoms. The second-order valence-corrected chi connectivity index (χ2v) is 7.30. The first-order chi connectivity index (χ1) is 13.3. The van der Waals surface area contributed by atoms with Gasteiger partial charge in [0.05, 0.1) is 20.2 Å². The molecule has 5 nitrogen and oxygen atoms in total. The Hall–Kier alpha value is -2.66. The summed E-state index contributed by atoms with van der Waals surface area (Å²) in [5, 5.41) is 4.14. The highest BCUT2D eigenvalue weighted by Crippen LogP contribution is 2.20. The fraction of sp³-hybridized carbons (Fsp3) is 0.364. The predicted octanol–water partition coefficient (Wildman–Crippen LogP) is 2.78. The molecular weight excluding hydrogens is 338 g/mol. The van der Waals surface area contributed by atoms with Crippen LogP contribution in [0.2, 0.25) is 0 Å². The summed E-state index contributed by atoms with van der Waals surface area (Å²) in [4.78, 5) is 6.11. The lowest BCUT2D eigenvalue weighted by Gasteiger charge is -2.28. The van der Waals surface area contributed by atoms with Crippen molar-refractivity contribution in [1.29, 1.82) is 0 Å². The zero-order chi connectivity index (χ0) is 18.5. The van der Waals surface area contributed by atoms with Gasteiger partial charge in [0.25, 0.3) is 5.89 Å². The highest BCUT2D eigenvalue weighted by Gasteiger charge is 2.24. The summed E-state index contributed by atoms with van der Waals surface area (Å²) < 4.78 is 10.7. The molecule has 0 amide bonds. The van der Waals surface area contributed by atoms with Crippen LogP contribution in [0.25, 0.3) is 11.4 Å². The second-order valence-electron chi connectivity index (χ2n) is 7.30. The molecule has 0 radical (unpaired) electrons. The smallest absolute Gasteiger partial charge is 0.282 e. The van der Waals surface area contributed by atoms with Crippen molar-refractivity contribution in [3.05, 3.63) is 66.1 Å². The van der Waals surface area contributed by atoms with Crippen molar-refractivity contribution in [3.8, 4) is 17.1 Å². The van der Waals surface area contributed by atoms with E-state index in [1.807, 2.05) is 24.3 Å². The summed E-state index contributed by atoms with van der Waals surface area (Å²) in [5.74, 6) is 2.97. The van der Waals surface area contributed by atoms with Crippen molar-refractivity contribution in [2.45, 2.75) is 25.8 Å². The van der Waals surface area contributed by atoms with Crippen LogP contribution in [-0.4, -0.2) is 30.3 Å². The summed E-state index contributed by atoms with van der Waals surface area (Å²) in [7, 11) is 1.66. The van der Waals surface area contributed by atoms with Crippen molar-refractivity contribution < 1.29 is 14.2 Å². The van der Waals surface area contributed by atoms with Crippen LogP contribution in [0.3, 0.4) is 0 Å². The highest BCUT2D eigenvalue weighted by molar-refractivity contribution is 5.55. The molecule has 5 heteroatoms. The molecule has 1 aromatic heterocycles. The molecule has 0 atom stereocenters. The molecule has 1 fully saturated rings. The zero-order valence-electron chi connectivity index (χ0n) is 15.7. The van der Waals surface area contributed by atoms with E-state index in [0.717, 1.165) is 42.8 Å². The number of benzene rings is 2. The van der Waals surface area contributed by atoms with Crippen LogP contribution in [-0.2, 0) is 13.0 Å². The number of quaternary nitrogens is 1. The van der Waals surface area contributed by atoms with Crippen LogP contribution in [0.5, 0.6) is 5.75 Å². The fourth-order valence-corrected chi connectivity index (χ4v) is 3.81. The predicted molar refractivity (Wildman–Crippen MR) is 104 cm³/mol. The molecule has 1 aliphatic heterocycles. The summed E-state index contributed by atoms with van der Waals surface area (Å²) in [6.07, 6.45) is 3.70. The van der Waals surface area contributed by atoms with Gasteiger partial charge in [-0.3, -0.25) is 0 Å². The van der Waals surface area contributed by atoms with Crippen molar-refractivity contribution in [3.63, 3.8) is 0 Å². The molecule has 1 aliphatic rings. The molecule has 0 unspecified atom stereocenters. The van der Waals surface area contributed by atoms with Gasteiger partial charge >= 0.3 is 0 Å². The van der Waals surface area contributed by atoms with Gasteiger partial charge in [-0.1, -0.05) is 35.5 Å². The van der Waals surface area contributed by atoms with Crippen molar-refractivity contribution >= 4 is 0 Å². The van der Waals surface area contributed by atoms with Gasteiger partial charge in [-0.25, -0.2) is 0 Å². The van der Waals surface area contributed by atoms with Gasteiger partial charge in [0.15, 0.2) is 6.54 Å². The largest absolute Gasteiger partial charge is 0.497 e. The number of piperidine rings is 1. The summed E-state index contributed by atoms with van der Waals surface area (Å²) >= 11 is 0. The van der Waals surface area contributed by atoms with Gasteiger partial charge in [0.1, 0.15) is 5.75 Å². The van der Waals surface area contributed by atoms with E-state index in [2.05, 4.69) is 40.5 Å². The number of rotatable bonds is 6. The van der Waals surface area contributed by atoms with Crippen LogP contribution in [0.15, 0.2) is 59.1 Å². The van der Waals surface area contributed by atoms with E-state index < -0.39 is 0 Å². The van der Waals surface area contributed by atoms with Gasteiger partial charge in [-0.2, -0.15) is 4.98 Å². The monoisotopic (exact) mass is 364 g/mol. The molecule has 140 valence electrons. The van der Waals surface area contributed by atoms with E-state index in [9.17, 15) is 0 Å². The van der Waals surface area contributed by atoms with E-state index in [4.69, 9.17) is 9.26 Å². The number of likely N-dealkylation sites (tertiary alicyclic amines) is 1. The zero-order valence-corrected chi connectivity index (χ0v) is 15.7. The maximum absolute atomic E-state index is 5.49. The molecule has 4 rings (SSSR count). The van der Waals surface area contributed by atoms with Gasteiger partial charge < -0.3 is 14.2 Å². The van der Waals surface area contributed by atoms with Gasteiger partial charge in [-0.05, 0) is 55.0 Å². The molecule has 0 aliphatic carbocycles. The minimum atomic E-state index is 0.644. The van der Waals surface area contributed by atoms with Crippen molar-refractivity contribution in [1.82, 2.24) is 10.1 Å². The lowest BCUT2D eigenvalue weighted by molar-refractivity contribution is -0.921. The molecular formula is C22H26N3O2+. The Labute approximate surface area is 160 Å². The third kappa shape index (κ3) is 4.55. The fourth-order valence-electron chi connectivity index (χ4n) is 3.81. The molecule has 0 saturated carbocycles. The Bertz CT molecular complexity index is 838. The van der Waals surface area contributed by atoms with Crippen LogP contribution in [0, 0.1) is 5.92 Å². The minimum Gasteiger partial charge on any atom is -0.497 e. The SMILES string of the molecule is COc1ccc(-c2noc(C[NH+]3CCC(Cc4ccccc4)CC3)n2)cc1. The number of nitrogens with zero attached hydrogens (tertiary/aromatic N) is 2. The first-order valence-corrected chi connectivity index (χ1v) is 9.64. The van der Waals surface area contributed by atoms with Crippen LogP contribution < -0.4 is 9.64 Å². The standard InChI is InChI=1S/C22H25N3O2/c1-26-20-9-7-19(8-10-20)22-23-21(27-24-22)16-25-13-11-18(12-14-25)15-17-5-3-2-4-6-17/h2-10,18H,11-16H2,1H3/p+1. The lowest BCUT2D eigenvalue weighted by atomic mass is 9.90. The number of methoxy groups -OCH3 is 1. The Morgan fingerprint density at radius 3 is 2.48 bits per heavy atom. The van der Waals surface area contributed by atoms with Crippen LogP contribution in [0.1, 0.15) is 24.3 Å². The molecule has 2 aromatic carbocycles. The van der Waals surface area contributed by atoms with Crippen LogP contribution >= 0.6 is 0 Å². The Kier molecular flexibility index (Phi) is 5.49. The average molecular weight is 364 g/mol. The molecule has 2 heterocycles. The number of hydrogen-bond acceptors (Lipinski definition) is 4. The van der Waals surface area contributed by atoms with Crippen LogP contribution in [0.4, 0.5) is 0 Å². The number of nitrogens with one attached hydrogen (secondary N) is 1. The lowest BCUT2D eigenvalue weighted by Crippen LogP contribution is -3.11. The molecule has 1 saturated heterocycles. The van der Waals surface area contributed by atoms with Gasteiger partial charge in [0.2, 0.25) is 5.82 Å². The van der Waals surface area contributed by atoms with E-state index >= 15 is 0 Å². The first-order valence-electron chi connectivity index (χ1n) is 9.64. The quantitative estimate of drug-likeness (QED) is 0.731. The molecule has 0 bridgehead atoms. The molecule has 3 aromatic rings.